The molecular weight excluding hydrogens is 402 g/mol. The zero-order valence-corrected chi connectivity index (χ0v) is 16.1. The summed E-state index contributed by atoms with van der Waals surface area (Å²) < 4.78 is 6.79. The van der Waals surface area contributed by atoms with E-state index >= 15 is 0 Å². The molecule has 1 heterocycles. The van der Waals surface area contributed by atoms with Gasteiger partial charge in [0.15, 0.2) is 10.7 Å². The third-order valence-electron chi connectivity index (χ3n) is 3.50. The molecule has 2 aromatic carbocycles. The Labute approximate surface area is 158 Å². The molecule has 7 heteroatoms. The lowest BCUT2D eigenvalue weighted by molar-refractivity contribution is -0.122. The summed E-state index contributed by atoms with van der Waals surface area (Å²) in [6.45, 7) is 3.62. The Morgan fingerprint density at radius 1 is 1.20 bits per heavy atom. The Morgan fingerprint density at radius 3 is 2.60 bits per heavy atom. The van der Waals surface area contributed by atoms with Crippen LogP contribution in [0.2, 0.25) is 0 Å². The van der Waals surface area contributed by atoms with Crippen molar-refractivity contribution in [2.24, 2.45) is 5.92 Å². The number of aromatic nitrogens is 1. The Hall–Kier alpha value is -2.25. The summed E-state index contributed by atoms with van der Waals surface area (Å²) in [6, 6.07) is 13.2. The molecule has 0 atom stereocenters. The first-order chi connectivity index (χ1) is 11.9. The quantitative estimate of drug-likeness (QED) is 0.603. The molecule has 2 N–H and O–H groups in total. The van der Waals surface area contributed by atoms with E-state index in [9.17, 15) is 4.79 Å². The Bertz CT molecular complexity index is 935. The van der Waals surface area contributed by atoms with Gasteiger partial charge in [0.1, 0.15) is 5.52 Å². The first-order valence-electron chi connectivity index (χ1n) is 7.71. The molecule has 0 aliphatic carbocycles. The number of carbonyl (C=O) groups excluding carboxylic acids is 1. The first kappa shape index (κ1) is 17.6. The Kier molecular flexibility index (Phi) is 5.15. The number of thiocarbonyl (C=S) groups is 1. The molecule has 3 aromatic rings. The lowest BCUT2D eigenvalue weighted by atomic mass is 10.2. The molecule has 0 aliphatic heterocycles. The average molecular weight is 418 g/mol. The number of halogens is 1. The smallest absolute Gasteiger partial charge is 0.228 e. The molecule has 0 saturated heterocycles. The van der Waals surface area contributed by atoms with Crippen LogP contribution in [0.15, 0.2) is 51.4 Å². The zero-order chi connectivity index (χ0) is 18.0. The summed E-state index contributed by atoms with van der Waals surface area (Å²) in [7, 11) is 0. The molecule has 5 nitrogen and oxygen atoms in total. The summed E-state index contributed by atoms with van der Waals surface area (Å²) in [5.74, 6) is 0.291. The van der Waals surface area contributed by atoms with Crippen LogP contribution in [0.3, 0.4) is 0 Å². The molecule has 1 aromatic heterocycles. The van der Waals surface area contributed by atoms with Crippen LogP contribution in [-0.4, -0.2) is 16.0 Å². The molecule has 0 bridgehead atoms. The molecule has 25 heavy (non-hydrogen) atoms. The molecule has 0 spiro atoms. The van der Waals surface area contributed by atoms with Gasteiger partial charge in [0.05, 0.1) is 0 Å². The van der Waals surface area contributed by atoms with Crippen molar-refractivity contribution < 1.29 is 9.21 Å². The highest BCUT2D eigenvalue weighted by atomic mass is 79.9. The SMILES string of the molecule is CC(C)C(=O)NC(=S)Nc1ccc2oc(-c3ccc(Br)cc3)nc2c1. The fraction of sp³-hybridized carbons (Fsp3) is 0.167. The van der Waals surface area contributed by atoms with E-state index in [1.165, 1.54) is 0 Å². The maximum Gasteiger partial charge on any atom is 0.228 e. The van der Waals surface area contributed by atoms with Gasteiger partial charge in [-0.3, -0.25) is 4.79 Å². The highest BCUT2D eigenvalue weighted by molar-refractivity contribution is 9.10. The van der Waals surface area contributed by atoms with Crippen LogP contribution in [0.1, 0.15) is 13.8 Å². The second kappa shape index (κ2) is 7.33. The predicted molar refractivity (Wildman–Crippen MR) is 106 cm³/mol. The fourth-order valence-corrected chi connectivity index (χ4v) is 2.62. The third-order valence-corrected chi connectivity index (χ3v) is 4.23. The summed E-state index contributed by atoms with van der Waals surface area (Å²) >= 11 is 8.57. The van der Waals surface area contributed by atoms with Crippen LogP contribution in [0.4, 0.5) is 5.69 Å². The average Bonchev–Trinajstić information content (AvgIpc) is 2.98. The topological polar surface area (TPSA) is 67.2 Å². The van der Waals surface area contributed by atoms with Gasteiger partial charge in [0.2, 0.25) is 11.8 Å². The summed E-state index contributed by atoms with van der Waals surface area (Å²) in [4.78, 5) is 16.2. The summed E-state index contributed by atoms with van der Waals surface area (Å²) in [5.41, 5.74) is 3.02. The van der Waals surface area contributed by atoms with Gasteiger partial charge in [-0.1, -0.05) is 29.8 Å². The minimum absolute atomic E-state index is 0.127. The molecule has 1 amide bonds. The number of rotatable bonds is 3. The third kappa shape index (κ3) is 4.24. The van der Waals surface area contributed by atoms with E-state index in [1.807, 2.05) is 56.3 Å². The molecule has 0 radical (unpaired) electrons. The molecule has 0 saturated carbocycles. The van der Waals surface area contributed by atoms with E-state index < -0.39 is 0 Å². The number of oxazole rings is 1. The first-order valence-corrected chi connectivity index (χ1v) is 8.91. The number of nitrogens with zero attached hydrogens (tertiary/aromatic N) is 1. The minimum atomic E-state index is -0.133. The number of carbonyl (C=O) groups is 1. The number of hydrogen-bond donors (Lipinski definition) is 2. The second-order valence-corrected chi connectivity index (χ2v) is 7.13. The number of hydrogen-bond acceptors (Lipinski definition) is 4. The molecule has 3 rings (SSSR count). The van der Waals surface area contributed by atoms with E-state index in [1.54, 1.807) is 0 Å². The number of fused-ring (bicyclic) bond motifs is 1. The van der Waals surface area contributed by atoms with Crippen molar-refractivity contribution in [2.45, 2.75) is 13.8 Å². The highest BCUT2D eigenvalue weighted by Gasteiger charge is 2.11. The van der Waals surface area contributed by atoms with Crippen molar-refractivity contribution in [3.05, 3.63) is 46.9 Å². The van der Waals surface area contributed by atoms with E-state index in [0.717, 1.165) is 15.7 Å². The van der Waals surface area contributed by atoms with Crippen molar-refractivity contribution in [2.75, 3.05) is 5.32 Å². The van der Waals surface area contributed by atoms with Crippen molar-refractivity contribution in [3.63, 3.8) is 0 Å². The van der Waals surface area contributed by atoms with Gasteiger partial charge in [0, 0.05) is 21.6 Å². The van der Waals surface area contributed by atoms with Gasteiger partial charge in [0.25, 0.3) is 0 Å². The van der Waals surface area contributed by atoms with Gasteiger partial charge >= 0.3 is 0 Å². The van der Waals surface area contributed by atoms with Crippen LogP contribution in [0, 0.1) is 5.92 Å². The largest absolute Gasteiger partial charge is 0.436 e. The predicted octanol–water partition coefficient (Wildman–Crippen LogP) is 4.73. The molecular formula is C18H16BrN3O2S. The number of anilines is 1. The maximum atomic E-state index is 11.7. The minimum Gasteiger partial charge on any atom is -0.436 e. The lowest BCUT2D eigenvalue weighted by Gasteiger charge is -2.10. The van der Waals surface area contributed by atoms with Gasteiger partial charge in [-0.2, -0.15) is 0 Å². The van der Waals surface area contributed by atoms with Gasteiger partial charge in [-0.25, -0.2) is 4.98 Å². The maximum absolute atomic E-state index is 11.7. The van der Waals surface area contributed by atoms with Gasteiger partial charge < -0.3 is 15.1 Å². The van der Waals surface area contributed by atoms with Crippen molar-refractivity contribution in [3.8, 4) is 11.5 Å². The van der Waals surface area contributed by atoms with E-state index in [-0.39, 0.29) is 16.9 Å². The van der Waals surface area contributed by atoms with Crippen LogP contribution >= 0.6 is 28.1 Å². The Morgan fingerprint density at radius 2 is 1.92 bits per heavy atom. The van der Waals surface area contributed by atoms with E-state index in [4.69, 9.17) is 16.6 Å². The summed E-state index contributed by atoms with van der Waals surface area (Å²) in [6.07, 6.45) is 0. The lowest BCUT2D eigenvalue weighted by Crippen LogP contribution is -2.36. The van der Waals surface area contributed by atoms with E-state index in [0.29, 0.717) is 17.0 Å². The zero-order valence-electron chi connectivity index (χ0n) is 13.7. The van der Waals surface area contributed by atoms with Gasteiger partial charge in [-0.05, 0) is 54.7 Å². The van der Waals surface area contributed by atoms with Crippen molar-refractivity contribution in [1.82, 2.24) is 10.3 Å². The van der Waals surface area contributed by atoms with Gasteiger partial charge in [-0.15, -0.1) is 0 Å². The monoisotopic (exact) mass is 417 g/mol. The van der Waals surface area contributed by atoms with Crippen LogP contribution < -0.4 is 10.6 Å². The normalized spacial score (nSPS) is 10.9. The standard InChI is InChI=1S/C18H16BrN3O2S/c1-10(2)16(23)22-18(25)20-13-7-8-15-14(9-13)21-17(24-15)11-3-5-12(19)6-4-11/h3-10H,1-2H3,(H2,20,22,23,25). The molecule has 0 aliphatic rings. The highest BCUT2D eigenvalue weighted by Crippen LogP contribution is 2.27. The molecule has 0 fully saturated rings. The van der Waals surface area contributed by atoms with Crippen molar-refractivity contribution >= 4 is 56.0 Å². The summed E-state index contributed by atoms with van der Waals surface area (Å²) in [5, 5.41) is 5.89. The van der Waals surface area contributed by atoms with Crippen LogP contribution in [0.25, 0.3) is 22.6 Å². The number of benzene rings is 2. The Balaban J connectivity index is 1.79. The molecule has 128 valence electrons. The second-order valence-electron chi connectivity index (χ2n) is 5.81. The van der Waals surface area contributed by atoms with Crippen LogP contribution in [-0.2, 0) is 4.79 Å². The number of amides is 1. The fourth-order valence-electron chi connectivity index (χ4n) is 2.14. The van der Waals surface area contributed by atoms with Crippen molar-refractivity contribution in [1.29, 1.82) is 0 Å². The number of nitrogens with one attached hydrogen (secondary N) is 2. The van der Waals surface area contributed by atoms with Crippen LogP contribution in [0.5, 0.6) is 0 Å². The molecule has 0 unspecified atom stereocenters. The van der Waals surface area contributed by atoms with E-state index in [2.05, 4.69) is 31.5 Å².